The van der Waals surface area contributed by atoms with Crippen LogP contribution in [0.5, 0.6) is 5.75 Å². The van der Waals surface area contributed by atoms with Crippen molar-refractivity contribution in [3.05, 3.63) is 71.4 Å². The zero-order valence-corrected chi connectivity index (χ0v) is 14.6. The molecule has 2 aromatic carbocycles. The first-order valence-corrected chi connectivity index (χ1v) is 8.08. The summed E-state index contributed by atoms with van der Waals surface area (Å²) in [5, 5.41) is 10.2. The first-order valence-electron chi connectivity index (χ1n) is 8.08. The molecule has 28 heavy (non-hydrogen) atoms. The van der Waals surface area contributed by atoms with Crippen LogP contribution in [0, 0.1) is 0 Å². The fraction of sp³-hybridized carbons (Fsp3) is 0.105. The molecule has 0 saturated heterocycles. The Hall–Kier alpha value is -3.62. The van der Waals surface area contributed by atoms with Crippen LogP contribution in [0.25, 0.3) is 11.3 Å². The van der Waals surface area contributed by atoms with Crippen LogP contribution < -0.4 is 10.2 Å². The van der Waals surface area contributed by atoms with Crippen molar-refractivity contribution >= 4 is 12.1 Å². The molecule has 0 spiro atoms. The zero-order chi connectivity index (χ0) is 20.1. The quantitative estimate of drug-likeness (QED) is 0.514. The predicted octanol–water partition coefficient (Wildman–Crippen LogP) is 3.87. The van der Waals surface area contributed by atoms with E-state index in [2.05, 4.69) is 20.7 Å². The molecule has 9 heteroatoms. The van der Waals surface area contributed by atoms with Crippen LogP contribution in [-0.4, -0.2) is 29.4 Å². The Morgan fingerprint density at radius 1 is 1.18 bits per heavy atom. The number of alkyl halides is 3. The number of hydrogen-bond acceptors (Lipinski definition) is 4. The molecule has 3 aromatic rings. The maximum Gasteiger partial charge on any atom is 0.417 e. The van der Waals surface area contributed by atoms with Crippen LogP contribution >= 0.6 is 0 Å². The van der Waals surface area contributed by atoms with Crippen LogP contribution in [0.2, 0.25) is 0 Å². The molecular formula is C19H15F3N4O2. The summed E-state index contributed by atoms with van der Waals surface area (Å²) in [7, 11) is 1.56. The van der Waals surface area contributed by atoms with Gasteiger partial charge in [0.05, 0.1) is 24.6 Å². The van der Waals surface area contributed by atoms with Crippen molar-refractivity contribution in [1.82, 2.24) is 15.6 Å². The monoisotopic (exact) mass is 388 g/mol. The second-order valence-corrected chi connectivity index (χ2v) is 5.68. The van der Waals surface area contributed by atoms with E-state index in [1.165, 1.54) is 24.3 Å². The fourth-order valence-corrected chi connectivity index (χ4v) is 2.44. The Kier molecular flexibility index (Phi) is 5.44. The van der Waals surface area contributed by atoms with Gasteiger partial charge in [0.1, 0.15) is 11.4 Å². The van der Waals surface area contributed by atoms with E-state index in [-0.39, 0.29) is 11.3 Å². The SMILES string of the molecule is COc1ccc(-c2cc(C(=O)N/N=C\c3ccccc3C(F)(F)F)[nH]n2)cc1. The topological polar surface area (TPSA) is 79.4 Å². The second-order valence-electron chi connectivity index (χ2n) is 5.68. The van der Waals surface area contributed by atoms with Crippen molar-refractivity contribution in [2.45, 2.75) is 6.18 Å². The minimum absolute atomic E-state index is 0.118. The molecule has 1 heterocycles. The summed E-state index contributed by atoms with van der Waals surface area (Å²) < 4.78 is 43.9. The molecule has 0 aliphatic heterocycles. The Balaban J connectivity index is 1.69. The molecule has 3 rings (SSSR count). The van der Waals surface area contributed by atoms with Crippen LogP contribution in [0.3, 0.4) is 0 Å². The molecule has 0 aliphatic rings. The van der Waals surface area contributed by atoms with Crippen molar-refractivity contribution in [2.24, 2.45) is 5.10 Å². The Morgan fingerprint density at radius 3 is 2.57 bits per heavy atom. The summed E-state index contributed by atoms with van der Waals surface area (Å²) >= 11 is 0. The Morgan fingerprint density at radius 2 is 1.89 bits per heavy atom. The predicted molar refractivity (Wildman–Crippen MR) is 97.1 cm³/mol. The second kappa shape index (κ2) is 7.95. The maximum atomic E-state index is 12.9. The van der Waals surface area contributed by atoms with E-state index in [0.29, 0.717) is 11.4 Å². The highest BCUT2D eigenvalue weighted by atomic mass is 19.4. The molecule has 0 atom stereocenters. The van der Waals surface area contributed by atoms with E-state index < -0.39 is 17.6 Å². The largest absolute Gasteiger partial charge is 0.497 e. The first-order chi connectivity index (χ1) is 13.4. The Bertz CT molecular complexity index is 995. The molecular weight excluding hydrogens is 373 g/mol. The van der Waals surface area contributed by atoms with Crippen LogP contribution in [0.4, 0.5) is 13.2 Å². The van der Waals surface area contributed by atoms with Crippen LogP contribution in [0.1, 0.15) is 21.6 Å². The van der Waals surface area contributed by atoms with Gasteiger partial charge in [-0.15, -0.1) is 0 Å². The lowest BCUT2D eigenvalue weighted by Crippen LogP contribution is -2.18. The number of carbonyl (C=O) groups excluding carboxylic acids is 1. The molecule has 144 valence electrons. The van der Waals surface area contributed by atoms with Crippen molar-refractivity contribution in [3.8, 4) is 17.0 Å². The highest BCUT2D eigenvalue weighted by Gasteiger charge is 2.32. The number of benzene rings is 2. The summed E-state index contributed by atoms with van der Waals surface area (Å²) in [5.41, 5.74) is 2.60. The van der Waals surface area contributed by atoms with E-state index in [1.54, 1.807) is 31.4 Å². The smallest absolute Gasteiger partial charge is 0.417 e. The van der Waals surface area contributed by atoms with Crippen LogP contribution in [0.15, 0.2) is 59.7 Å². The number of aromatic nitrogens is 2. The van der Waals surface area contributed by atoms with E-state index in [1.807, 2.05) is 0 Å². The lowest BCUT2D eigenvalue weighted by Gasteiger charge is -2.09. The summed E-state index contributed by atoms with van der Waals surface area (Å²) in [4.78, 5) is 12.1. The molecule has 0 fully saturated rings. The third-order valence-corrected chi connectivity index (χ3v) is 3.84. The number of nitrogens with one attached hydrogen (secondary N) is 2. The fourth-order valence-electron chi connectivity index (χ4n) is 2.44. The van der Waals surface area contributed by atoms with Gasteiger partial charge < -0.3 is 4.74 Å². The molecule has 1 amide bonds. The molecule has 2 N–H and O–H groups in total. The number of hydrazone groups is 1. The molecule has 0 radical (unpaired) electrons. The molecule has 0 saturated carbocycles. The van der Waals surface area contributed by atoms with Gasteiger partial charge in [0, 0.05) is 11.1 Å². The first kappa shape index (κ1) is 19.2. The van der Waals surface area contributed by atoms with Crippen molar-refractivity contribution in [3.63, 3.8) is 0 Å². The highest BCUT2D eigenvalue weighted by molar-refractivity contribution is 5.94. The summed E-state index contributed by atoms with van der Waals surface area (Å²) in [6.45, 7) is 0. The van der Waals surface area contributed by atoms with Crippen LogP contribution in [-0.2, 0) is 6.18 Å². The number of carbonyl (C=O) groups is 1. The number of methoxy groups -OCH3 is 1. The molecule has 0 aliphatic carbocycles. The van der Waals surface area contributed by atoms with Gasteiger partial charge in [-0.05, 0) is 36.4 Å². The molecule has 0 unspecified atom stereocenters. The normalized spacial score (nSPS) is 11.6. The van der Waals surface area contributed by atoms with Gasteiger partial charge in [-0.25, -0.2) is 5.43 Å². The third-order valence-electron chi connectivity index (χ3n) is 3.84. The van der Waals surface area contributed by atoms with Gasteiger partial charge in [0.25, 0.3) is 5.91 Å². The zero-order valence-electron chi connectivity index (χ0n) is 14.6. The van der Waals surface area contributed by atoms with Gasteiger partial charge >= 0.3 is 6.18 Å². The number of aromatic amines is 1. The number of halogens is 3. The summed E-state index contributed by atoms with van der Waals surface area (Å²) in [6, 6.07) is 13.5. The minimum atomic E-state index is -4.51. The number of amides is 1. The van der Waals surface area contributed by atoms with Crippen molar-refractivity contribution in [2.75, 3.05) is 7.11 Å². The number of H-pyrrole nitrogens is 1. The number of hydrogen-bond donors (Lipinski definition) is 2. The van der Waals surface area contributed by atoms with Crippen molar-refractivity contribution < 1.29 is 22.7 Å². The van der Waals surface area contributed by atoms with E-state index in [4.69, 9.17) is 4.74 Å². The van der Waals surface area contributed by atoms with Gasteiger partial charge in [0.15, 0.2) is 0 Å². The Labute approximate surface area is 158 Å². The van der Waals surface area contributed by atoms with E-state index >= 15 is 0 Å². The van der Waals surface area contributed by atoms with E-state index in [9.17, 15) is 18.0 Å². The molecule has 1 aromatic heterocycles. The average Bonchev–Trinajstić information content (AvgIpc) is 3.18. The van der Waals surface area contributed by atoms with Gasteiger partial charge in [0.2, 0.25) is 0 Å². The molecule has 0 bridgehead atoms. The van der Waals surface area contributed by atoms with Crippen molar-refractivity contribution in [1.29, 1.82) is 0 Å². The number of nitrogens with zero attached hydrogens (tertiary/aromatic N) is 2. The van der Waals surface area contributed by atoms with Gasteiger partial charge in [-0.3, -0.25) is 9.89 Å². The van der Waals surface area contributed by atoms with Gasteiger partial charge in [-0.1, -0.05) is 18.2 Å². The minimum Gasteiger partial charge on any atom is -0.497 e. The number of rotatable bonds is 5. The number of ether oxygens (including phenoxy) is 1. The van der Waals surface area contributed by atoms with Gasteiger partial charge in [-0.2, -0.15) is 23.4 Å². The highest BCUT2D eigenvalue weighted by Crippen LogP contribution is 2.31. The summed E-state index contributed by atoms with van der Waals surface area (Å²) in [5.74, 6) is 0.0544. The lowest BCUT2D eigenvalue weighted by atomic mass is 10.1. The maximum absolute atomic E-state index is 12.9. The average molecular weight is 388 g/mol. The third kappa shape index (κ3) is 4.37. The lowest BCUT2D eigenvalue weighted by molar-refractivity contribution is -0.137. The van der Waals surface area contributed by atoms with E-state index in [0.717, 1.165) is 17.8 Å². The molecule has 6 nitrogen and oxygen atoms in total. The summed E-state index contributed by atoms with van der Waals surface area (Å²) in [6.07, 6.45) is -3.56. The standard InChI is InChI=1S/C19H15F3N4O2/c1-28-14-8-6-12(7-9-14)16-10-17(25-24-16)18(27)26-23-11-13-4-2-3-5-15(13)19(20,21)22/h2-11H,1H3,(H,24,25)(H,26,27)/b23-11-.